The molecule has 13 heavy (non-hydrogen) atoms. The zero-order valence-corrected chi connectivity index (χ0v) is 7.59. The molecule has 0 heterocycles. The third-order valence-electron chi connectivity index (χ3n) is 1.66. The lowest BCUT2D eigenvalue weighted by atomic mass is 10.1. The van der Waals surface area contributed by atoms with Crippen LogP contribution in [0, 0.1) is 18.3 Å². The molecule has 1 aromatic rings. The molecule has 0 radical (unpaired) electrons. The highest BCUT2D eigenvalue weighted by Gasteiger charge is 2.10. The van der Waals surface area contributed by atoms with Crippen molar-refractivity contribution in [2.45, 2.75) is 6.92 Å². The molecule has 1 rings (SSSR count). The first kappa shape index (κ1) is 9.56. The van der Waals surface area contributed by atoms with Crippen molar-refractivity contribution < 1.29 is 9.90 Å². The second-order valence-corrected chi connectivity index (χ2v) is 2.97. The van der Waals surface area contributed by atoms with Gasteiger partial charge in [0.05, 0.1) is 16.1 Å². The van der Waals surface area contributed by atoms with Crippen molar-refractivity contribution in [3.05, 3.63) is 33.8 Å². The van der Waals surface area contributed by atoms with Gasteiger partial charge in [-0.15, -0.1) is 0 Å². The van der Waals surface area contributed by atoms with E-state index in [0.29, 0.717) is 11.1 Å². The van der Waals surface area contributed by atoms with Gasteiger partial charge in [0, 0.05) is 0 Å². The number of benzene rings is 1. The van der Waals surface area contributed by atoms with Gasteiger partial charge in [0.2, 0.25) is 0 Å². The summed E-state index contributed by atoms with van der Waals surface area (Å²) >= 11 is 5.66. The number of nitrogens with zero attached hydrogens (tertiary/aromatic N) is 1. The molecule has 0 spiro atoms. The number of aromatic carboxylic acids is 1. The second kappa shape index (κ2) is 3.46. The van der Waals surface area contributed by atoms with Crippen molar-refractivity contribution in [3.8, 4) is 6.07 Å². The van der Waals surface area contributed by atoms with E-state index in [2.05, 4.69) is 0 Å². The lowest BCUT2D eigenvalue weighted by Crippen LogP contribution is -2.00. The minimum Gasteiger partial charge on any atom is -0.478 e. The molecule has 0 aliphatic carbocycles. The Hall–Kier alpha value is -1.53. The van der Waals surface area contributed by atoms with E-state index in [-0.39, 0.29) is 10.6 Å². The summed E-state index contributed by atoms with van der Waals surface area (Å²) in [4.78, 5) is 10.6. The van der Waals surface area contributed by atoms with Gasteiger partial charge in [-0.05, 0) is 24.6 Å². The van der Waals surface area contributed by atoms with Crippen LogP contribution < -0.4 is 0 Å². The highest BCUT2D eigenvalue weighted by Crippen LogP contribution is 2.20. The van der Waals surface area contributed by atoms with Crippen LogP contribution in [0.5, 0.6) is 0 Å². The molecule has 0 saturated heterocycles. The average Bonchev–Trinajstić information content (AvgIpc) is 2.07. The van der Waals surface area contributed by atoms with Crippen LogP contribution in [0.2, 0.25) is 5.02 Å². The molecule has 0 saturated carbocycles. The van der Waals surface area contributed by atoms with E-state index in [4.69, 9.17) is 22.0 Å². The number of aryl methyl sites for hydroxylation is 1. The van der Waals surface area contributed by atoms with Gasteiger partial charge in [-0.3, -0.25) is 0 Å². The zero-order chi connectivity index (χ0) is 10.0. The van der Waals surface area contributed by atoms with Crippen molar-refractivity contribution in [2.24, 2.45) is 0 Å². The van der Waals surface area contributed by atoms with E-state index in [1.165, 1.54) is 12.1 Å². The predicted octanol–water partition coefficient (Wildman–Crippen LogP) is 2.22. The molecule has 0 aromatic heterocycles. The van der Waals surface area contributed by atoms with Crippen LogP contribution in [-0.2, 0) is 0 Å². The summed E-state index contributed by atoms with van der Waals surface area (Å²) in [6.45, 7) is 1.63. The van der Waals surface area contributed by atoms with Crippen LogP contribution in [-0.4, -0.2) is 11.1 Å². The first-order chi connectivity index (χ1) is 6.06. The molecule has 1 N–H and O–H groups in total. The molecule has 0 unspecified atom stereocenters. The Labute approximate surface area is 80.2 Å². The van der Waals surface area contributed by atoms with E-state index in [1.54, 1.807) is 6.92 Å². The van der Waals surface area contributed by atoms with E-state index < -0.39 is 5.97 Å². The topological polar surface area (TPSA) is 61.1 Å². The molecule has 0 amide bonds. The number of carboxylic acids is 1. The molecular formula is C9H6ClNO2. The summed E-state index contributed by atoms with van der Waals surface area (Å²) in [6.07, 6.45) is 0. The van der Waals surface area contributed by atoms with Gasteiger partial charge in [0.15, 0.2) is 0 Å². The largest absolute Gasteiger partial charge is 0.478 e. The van der Waals surface area contributed by atoms with Crippen molar-refractivity contribution in [3.63, 3.8) is 0 Å². The maximum atomic E-state index is 10.6. The molecule has 0 atom stereocenters. The number of carboxylic acid groups (broad SMARTS) is 1. The van der Waals surface area contributed by atoms with E-state index in [9.17, 15) is 4.79 Å². The van der Waals surface area contributed by atoms with Crippen LogP contribution in [0.25, 0.3) is 0 Å². The highest BCUT2D eigenvalue weighted by atomic mass is 35.5. The maximum Gasteiger partial charge on any atom is 0.336 e. The standard InChI is InChI=1S/C9H6ClNO2/c1-5-2-6(4-11)8(10)3-7(5)9(12)13/h2-3H,1H3,(H,12,13). The van der Waals surface area contributed by atoms with Crippen LogP contribution in [0.15, 0.2) is 12.1 Å². The first-order valence-electron chi connectivity index (χ1n) is 3.50. The number of halogens is 1. The van der Waals surface area contributed by atoms with Crippen LogP contribution in [0.1, 0.15) is 21.5 Å². The summed E-state index contributed by atoms with van der Waals surface area (Å²) in [5.74, 6) is -1.04. The summed E-state index contributed by atoms with van der Waals surface area (Å²) in [7, 11) is 0. The zero-order valence-electron chi connectivity index (χ0n) is 6.84. The van der Waals surface area contributed by atoms with Gasteiger partial charge in [-0.1, -0.05) is 11.6 Å². The highest BCUT2D eigenvalue weighted by molar-refractivity contribution is 6.32. The van der Waals surface area contributed by atoms with Gasteiger partial charge in [-0.2, -0.15) is 5.26 Å². The molecule has 4 heteroatoms. The van der Waals surface area contributed by atoms with Crippen LogP contribution in [0.3, 0.4) is 0 Å². The third-order valence-corrected chi connectivity index (χ3v) is 1.98. The minimum atomic E-state index is -1.04. The SMILES string of the molecule is Cc1cc(C#N)c(Cl)cc1C(=O)O. The van der Waals surface area contributed by atoms with Crippen molar-refractivity contribution in [2.75, 3.05) is 0 Å². The molecule has 0 aliphatic rings. The Balaban J connectivity index is 3.39. The summed E-state index contributed by atoms with van der Waals surface area (Å²) < 4.78 is 0. The Morgan fingerprint density at radius 2 is 2.23 bits per heavy atom. The Morgan fingerprint density at radius 1 is 1.62 bits per heavy atom. The first-order valence-corrected chi connectivity index (χ1v) is 3.87. The van der Waals surface area contributed by atoms with Crippen LogP contribution >= 0.6 is 11.6 Å². The monoisotopic (exact) mass is 195 g/mol. The quantitative estimate of drug-likeness (QED) is 0.748. The molecule has 3 nitrogen and oxygen atoms in total. The molecule has 1 aromatic carbocycles. The fourth-order valence-corrected chi connectivity index (χ4v) is 1.20. The second-order valence-electron chi connectivity index (χ2n) is 2.56. The maximum absolute atomic E-state index is 10.6. The summed E-state index contributed by atoms with van der Waals surface area (Å²) in [5, 5.41) is 17.5. The third kappa shape index (κ3) is 1.79. The Kier molecular flexibility index (Phi) is 2.54. The number of rotatable bonds is 1. The Morgan fingerprint density at radius 3 is 2.69 bits per heavy atom. The lowest BCUT2D eigenvalue weighted by molar-refractivity contribution is 0.0696. The number of nitriles is 1. The van der Waals surface area contributed by atoms with Gasteiger partial charge < -0.3 is 5.11 Å². The fraction of sp³-hybridized carbons (Fsp3) is 0.111. The normalized spacial score (nSPS) is 9.31. The molecule has 0 bridgehead atoms. The van der Waals surface area contributed by atoms with Gasteiger partial charge in [0.25, 0.3) is 0 Å². The predicted molar refractivity (Wildman–Crippen MR) is 47.9 cm³/mol. The van der Waals surface area contributed by atoms with Crippen molar-refractivity contribution in [1.29, 1.82) is 5.26 Å². The Bertz CT molecular complexity index is 407. The average molecular weight is 196 g/mol. The van der Waals surface area contributed by atoms with Crippen molar-refractivity contribution >= 4 is 17.6 Å². The van der Waals surface area contributed by atoms with E-state index >= 15 is 0 Å². The summed E-state index contributed by atoms with van der Waals surface area (Å²) in [5.41, 5.74) is 0.960. The van der Waals surface area contributed by atoms with Crippen molar-refractivity contribution in [1.82, 2.24) is 0 Å². The number of hydrogen-bond acceptors (Lipinski definition) is 2. The van der Waals surface area contributed by atoms with Crippen LogP contribution in [0.4, 0.5) is 0 Å². The smallest absolute Gasteiger partial charge is 0.336 e. The molecular weight excluding hydrogens is 190 g/mol. The fourth-order valence-electron chi connectivity index (χ4n) is 0.998. The lowest BCUT2D eigenvalue weighted by Gasteiger charge is -2.02. The van der Waals surface area contributed by atoms with E-state index in [0.717, 1.165) is 0 Å². The molecule has 0 aliphatic heterocycles. The van der Waals surface area contributed by atoms with Gasteiger partial charge >= 0.3 is 5.97 Å². The van der Waals surface area contributed by atoms with E-state index in [1.807, 2.05) is 6.07 Å². The number of hydrogen-bond donors (Lipinski definition) is 1. The van der Waals surface area contributed by atoms with Gasteiger partial charge in [-0.25, -0.2) is 4.79 Å². The molecule has 0 fully saturated rings. The minimum absolute atomic E-state index is 0.129. The molecule has 66 valence electrons. The number of carbonyl (C=O) groups is 1. The summed E-state index contributed by atoms with van der Waals surface area (Å²) in [6, 6.07) is 4.63. The van der Waals surface area contributed by atoms with Gasteiger partial charge in [0.1, 0.15) is 6.07 Å².